The average Bonchev–Trinajstić information content (AvgIpc) is 2.94. The van der Waals surface area contributed by atoms with Crippen LogP contribution in [0.1, 0.15) is 17.7 Å². The fraction of sp³-hybridized carbons (Fsp3) is 0.208. The van der Waals surface area contributed by atoms with E-state index in [2.05, 4.69) is 10.1 Å². The number of aromatic nitrogens is 2. The summed E-state index contributed by atoms with van der Waals surface area (Å²) >= 11 is 1.17. The number of hydrogen-bond acceptors (Lipinski definition) is 5. The molecule has 1 aliphatic rings. The first-order chi connectivity index (χ1) is 17.4. The number of hydrogen-bond donors (Lipinski definition) is 2. The Morgan fingerprint density at radius 1 is 1.22 bits per heavy atom. The maximum atomic E-state index is 14.3. The van der Waals surface area contributed by atoms with Crippen molar-refractivity contribution in [2.24, 2.45) is 7.05 Å². The van der Waals surface area contributed by atoms with Crippen LogP contribution in [0.5, 0.6) is 5.75 Å². The van der Waals surface area contributed by atoms with Crippen LogP contribution in [0, 0.1) is 18.2 Å². The minimum atomic E-state index is -4.87. The number of rotatable bonds is 5. The molecule has 4 N–H and O–H groups in total. The lowest BCUT2D eigenvalue weighted by Crippen LogP contribution is -2.28. The topological polar surface area (TPSA) is 112 Å². The van der Waals surface area contributed by atoms with E-state index in [1.54, 1.807) is 13.0 Å². The van der Waals surface area contributed by atoms with Crippen LogP contribution >= 0.6 is 11.8 Å². The smallest absolute Gasteiger partial charge is 0.573 e. The second kappa shape index (κ2) is 9.81. The number of anilines is 1. The Morgan fingerprint density at radius 2 is 1.92 bits per heavy atom. The Bertz CT molecular complexity index is 1510. The van der Waals surface area contributed by atoms with Crippen LogP contribution in [-0.2, 0) is 11.8 Å². The van der Waals surface area contributed by atoms with Crippen molar-refractivity contribution in [3.05, 3.63) is 75.5 Å². The maximum Gasteiger partial charge on any atom is 0.573 e. The number of carbonyl (C=O) groups is 1. The minimum absolute atomic E-state index is 0.0175. The first kappa shape index (κ1) is 26.1. The van der Waals surface area contributed by atoms with Gasteiger partial charge in [0.1, 0.15) is 28.7 Å². The lowest BCUT2D eigenvalue weighted by Gasteiger charge is -2.11. The van der Waals surface area contributed by atoms with Crippen molar-refractivity contribution in [2.75, 3.05) is 11.1 Å². The van der Waals surface area contributed by atoms with Gasteiger partial charge in [-0.25, -0.2) is 9.07 Å². The van der Waals surface area contributed by atoms with Gasteiger partial charge in [0.2, 0.25) is 0 Å². The number of benzene rings is 2. The van der Waals surface area contributed by atoms with Crippen molar-refractivity contribution in [2.45, 2.75) is 24.6 Å². The lowest BCUT2D eigenvalue weighted by molar-refractivity contribution is -0.274. The molecule has 0 atom stereocenters. The van der Waals surface area contributed by atoms with Gasteiger partial charge in [0.25, 0.3) is 17.2 Å². The van der Waals surface area contributed by atoms with E-state index in [1.807, 2.05) is 0 Å². The van der Waals surface area contributed by atoms with E-state index in [9.17, 15) is 27.2 Å². The predicted octanol–water partition coefficient (Wildman–Crippen LogP) is 4.11. The number of halogens is 4. The highest BCUT2D eigenvalue weighted by Crippen LogP contribution is 2.38. The number of alkyl halides is 3. The zero-order chi connectivity index (χ0) is 27.1. The standard InChI is InChI=1S/C24H20F4N4O4S/c1-12-20(23(35)32(31(12)2)17-6-4-3-5-16(17)25)30-22(34)19(29)15-9-10-37-18-11-13(36-24(26,27)28)7-8-14(18)21(15)33/h3-8,11,29,33H,9-10H2,1-2H3,(H,30,34)/p+1. The van der Waals surface area contributed by atoms with Crippen LogP contribution in [0.2, 0.25) is 0 Å². The monoisotopic (exact) mass is 537 g/mol. The number of carbonyl (C=O) groups excluding carboxylic acids is 1. The van der Waals surface area contributed by atoms with E-state index in [0.717, 1.165) is 16.8 Å². The van der Waals surface area contributed by atoms with Gasteiger partial charge < -0.3 is 15.2 Å². The molecule has 194 valence electrons. The molecular formula is C24H21F4N4O4S+. The van der Waals surface area contributed by atoms with Gasteiger partial charge in [0, 0.05) is 17.7 Å². The summed E-state index contributed by atoms with van der Waals surface area (Å²) in [4.78, 5) is 26.4. The number of para-hydroxylation sites is 1. The molecule has 1 aromatic heterocycles. The zero-order valence-corrected chi connectivity index (χ0v) is 20.3. The van der Waals surface area contributed by atoms with Crippen LogP contribution < -0.4 is 15.6 Å². The third-order valence-corrected chi connectivity index (χ3v) is 6.83. The normalized spacial score (nSPS) is 13.7. The highest BCUT2D eigenvalue weighted by Gasteiger charge is 2.33. The van der Waals surface area contributed by atoms with Gasteiger partial charge in [-0.3, -0.25) is 19.7 Å². The Labute approximate surface area is 211 Å². The van der Waals surface area contributed by atoms with Crippen LogP contribution in [0.3, 0.4) is 0 Å². The van der Waals surface area contributed by atoms with Gasteiger partial charge in [-0.2, -0.15) is 0 Å². The summed E-state index contributed by atoms with van der Waals surface area (Å²) in [6, 6.07) is 9.14. The molecule has 2 aromatic carbocycles. The quantitative estimate of drug-likeness (QED) is 0.290. The number of ether oxygens (including phenoxy) is 1. The summed E-state index contributed by atoms with van der Waals surface area (Å²) in [5.74, 6) is -1.92. The molecule has 0 bridgehead atoms. The lowest BCUT2D eigenvalue weighted by atomic mass is 10.0. The van der Waals surface area contributed by atoms with Gasteiger partial charge in [-0.1, -0.05) is 12.1 Å². The van der Waals surface area contributed by atoms with Crippen molar-refractivity contribution < 1.29 is 32.2 Å². The van der Waals surface area contributed by atoms with Crippen LogP contribution in [0.4, 0.5) is 23.2 Å². The molecule has 3 aromatic rings. The number of nitrogens with one attached hydrogen (secondary N) is 2. The summed E-state index contributed by atoms with van der Waals surface area (Å²) < 4.78 is 58.4. The molecule has 0 saturated heterocycles. The summed E-state index contributed by atoms with van der Waals surface area (Å²) in [7, 11) is 1.52. The van der Waals surface area contributed by atoms with Crippen LogP contribution in [0.25, 0.3) is 11.4 Å². The number of amides is 1. The summed E-state index contributed by atoms with van der Waals surface area (Å²) in [6.45, 7) is 1.55. The Morgan fingerprint density at radius 3 is 2.59 bits per heavy atom. The molecule has 0 saturated carbocycles. The number of fused-ring (bicyclic) bond motifs is 1. The number of nitrogens with zero attached hydrogens (tertiary/aromatic N) is 2. The van der Waals surface area contributed by atoms with Gasteiger partial charge in [0.15, 0.2) is 0 Å². The molecule has 13 heteroatoms. The second-order valence-electron chi connectivity index (χ2n) is 8.04. The molecule has 2 heterocycles. The number of thioether (sulfide) groups is 1. The van der Waals surface area contributed by atoms with Crippen LogP contribution in [0.15, 0.2) is 57.7 Å². The first-order valence-corrected chi connectivity index (χ1v) is 11.8. The molecule has 0 fully saturated rings. The van der Waals surface area contributed by atoms with Gasteiger partial charge in [-0.05, 0) is 43.7 Å². The predicted molar refractivity (Wildman–Crippen MR) is 131 cm³/mol. The highest BCUT2D eigenvalue weighted by molar-refractivity contribution is 7.99. The second-order valence-corrected chi connectivity index (χ2v) is 9.18. The van der Waals surface area contributed by atoms with Crippen molar-refractivity contribution in [1.29, 1.82) is 5.41 Å². The van der Waals surface area contributed by atoms with E-state index >= 15 is 0 Å². The zero-order valence-electron chi connectivity index (χ0n) is 19.5. The van der Waals surface area contributed by atoms with Gasteiger partial charge in [0.05, 0.1) is 16.8 Å². The molecule has 0 unspecified atom stereocenters. The molecular weight excluding hydrogens is 516 g/mol. The maximum absolute atomic E-state index is 14.3. The van der Waals surface area contributed by atoms with Crippen LogP contribution in [-0.4, -0.2) is 38.2 Å². The summed E-state index contributed by atoms with van der Waals surface area (Å²) in [6.07, 6.45) is -4.75. The highest BCUT2D eigenvalue weighted by atomic mass is 32.2. The fourth-order valence-corrected chi connectivity index (χ4v) is 4.94. The van der Waals surface area contributed by atoms with E-state index in [-0.39, 0.29) is 34.7 Å². The molecule has 0 spiro atoms. The van der Waals surface area contributed by atoms with Crippen molar-refractivity contribution in [3.8, 4) is 11.4 Å². The van der Waals surface area contributed by atoms with Crippen molar-refractivity contribution >= 4 is 34.8 Å². The van der Waals surface area contributed by atoms with Gasteiger partial charge >= 0.3 is 6.36 Å². The first-order valence-electron chi connectivity index (χ1n) is 10.8. The van der Waals surface area contributed by atoms with E-state index in [1.165, 1.54) is 47.8 Å². The van der Waals surface area contributed by atoms with E-state index < -0.39 is 35.1 Å². The van der Waals surface area contributed by atoms with Gasteiger partial charge in [-0.15, -0.1) is 24.9 Å². The molecule has 0 aliphatic carbocycles. The van der Waals surface area contributed by atoms with E-state index in [4.69, 9.17) is 10.5 Å². The third kappa shape index (κ3) is 5.12. The third-order valence-electron chi connectivity index (χ3n) is 5.77. The summed E-state index contributed by atoms with van der Waals surface area (Å²) in [5, 5.41) is 19.4. The Kier molecular flexibility index (Phi) is 6.91. The molecule has 0 radical (unpaired) electrons. The summed E-state index contributed by atoms with van der Waals surface area (Å²) in [5.41, 5.74) is -0.799. The molecule has 37 heavy (non-hydrogen) atoms. The fourth-order valence-electron chi connectivity index (χ4n) is 3.89. The minimum Gasteiger partial charge on any atom is -0.593 e. The Balaban J connectivity index is 1.64. The SMILES string of the molecule is Cc1c(NC(=O)C(=N)C2=C([OH2+])c3ccc(OC(F)(F)F)cc3SCC2)c(=O)n(-c2ccccc2F)n1C. The largest absolute Gasteiger partial charge is 0.593 e. The van der Waals surface area contributed by atoms with Crippen molar-refractivity contribution in [1.82, 2.24) is 9.36 Å². The van der Waals surface area contributed by atoms with Crippen molar-refractivity contribution in [3.63, 3.8) is 0 Å². The van der Waals surface area contributed by atoms with E-state index in [0.29, 0.717) is 16.3 Å². The molecule has 1 amide bonds. The molecule has 1 aliphatic heterocycles. The molecule has 4 rings (SSSR count). The Hall–Kier alpha value is -4.00. The average molecular weight is 538 g/mol. The molecule has 8 nitrogen and oxygen atoms in total.